The van der Waals surface area contributed by atoms with Crippen LogP contribution in [0.4, 0.5) is 4.79 Å². The lowest BCUT2D eigenvalue weighted by Crippen LogP contribution is -2.36. The molecule has 39 heavy (non-hydrogen) atoms. The van der Waals surface area contributed by atoms with Crippen molar-refractivity contribution in [2.24, 2.45) is 0 Å². The number of carbonyl (C=O) groups is 3. The first-order valence-corrected chi connectivity index (χ1v) is 14.7. The van der Waals surface area contributed by atoms with Crippen LogP contribution in [0.5, 0.6) is 0 Å². The van der Waals surface area contributed by atoms with E-state index in [1.54, 1.807) is 0 Å². The van der Waals surface area contributed by atoms with E-state index in [4.69, 9.17) is 33.5 Å². The fraction of sp³-hybridized carbons (Fsp3) is 0.880. The van der Waals surface area contributed by atoms with Crippen molar-refractivity contribution in [2.75, 3.05) is 91.6 Å². The van der Waals surface area contributed by atoms with Gasteiger partial charge in [-0.1, -0.05) is 6.42 Å². The number of fused-ring (bicyclic) bond motifs is 1. The molecular formula is C25H45N3O10S. The number of hydrogen-bond donors (Lipinski definition) is 4. The summed E-state index contributed by atoms with van der Waals surface area (Å²) in [4.78, 5) is 33.7. The maximum Gasteiger partial charge on any atom is 0.315 e. The number of carboxylic acids is 1. The van der Waals surface area contributed by atoms with Gasteiger partial charge in [-0.25, -0.2) is 4.79 Å². The van der Waals surface area contributed by atoms with Crippen LogP contribution in [0.25, 0.3) is 0 Å². The summed E-state index contributed by atoms with van der Waals surface area (Å²) in [6, 6.07) is 0.405. The van der Waals surface area contributed by atoms with Gasteiger partial charge in [0.25, 0.3) is 0 Å². The van der Waals surface area contributed by atoms with Crippen LogP contribution in [0, 0.1) is 0 Å². The summed E-state index contributed by atoms with van der Waals surface area (Å²) in [6.45, 7) is 5.55. The average Bonchev–Trinajstić information content (AvgIpc) is 3.46. The zero-order valence-electron chi connectivity index (χ0n) is 22.7. The summed E-state index contributed by atoms with van der Waals surface area (Å²) >= 11 is 1.90. The molecule has 2 fully saturated rings. The third-order valence-corrected chi connectivity index (χ3v) is 7.48. The van der Waals surface area contributed by atoms with Crippen molar-refractivity contribution < 1.29 is 47.9 Å². The first-order valence-electron chi connectivity index (χ1n) is 13.7. The summed E-state index contributed by atoms with van der Waals surface area (Å²) in [7, 11) is 0. The second kappa shape index (κ2) is 22.1. The molecule has 4 N–H and O–H groups in total. The summed E-state index contributed by atoms with van der Waals surface area (Å²) in [5.41, 5.74) is 0. The van der Waals surface area contributed by atoms with E-state index in [1.165, 1.54) is 0 Å². The predicted octanol–water partition coefficient (Wildman–Crippen LogP) is 0.403. The number of nitrogens with one attached hydrogen (secondary N) is 3. The summed E-state index contributed by atoms with van der Waals surface area (Å²) in [5.74, 6) is 0.119. The Bertz CT molecular complexity index is 690. The van der Waals surface area contributed by atoms with Crippen LogP contribution in [0.2, 0.25) is 0 Å². The molecule has 13 nitrogen and oxygen atoms in total. The standard InChI is InChI=1S/C25H45N3O10S/c29-22(4-2-1-3-21-24-20(19-39-21)27-25(32)28-24)26-6-8-34-10-12-36-14-16-38-18-17-37-15-13-35-11-9-33-7-5-23(30)31/h20-21,24H,1-19H2,(H,26,29)(H,30,31)(H2,27,28,32)/t20-,21-,24-/m0/s1. The Morgan fingerprint density at radius 3 is 1.87 bits per heavy atom. The average molecular weight is 580 g/mol. The van der Waals surface area contributed by atoms with Crippen molar-refractivity contribution in [1.82, 2.24) is 16.0 Å². The second-order valence-corrected chi connectivity index (χ2v) is 10.3. The Hall–Kier alpha value is -1.68. The van der Waals surface area contributed by atoms with Crippen molar-refractivity contribution in [2.45, 2.75) is 49.4 Å². The fourth-order valence-electron chi connectivity index (χ4n) is 3.99. The first kappa shape index (κ1) is 33.5. The van der Waals surface area contributed by atoms with E-state index in [2.05, 4.69) is 16.0 Å². The van der Waals surface area contributed by atoms with Crippen LogP contribution in [-0.4, -0.2) is 132 Å². The molecule has 0 unspecified atom stereocenters. The molecule has 3 amide bonds. The fourth-order valence-corrected chi connectivity index (χ4v) is 5.53. The van der Waals surface area contributed by atoms with Crippen molar-refractivity contribution in [3.05, 3.63) is 0 Å². The molecule has 2 saturated heterocycles. The van der Waals surface area contributed by atoms with E-state index in [1.807, 2.05) is 11.8 Å². The van der Waals surface area contributed by atoms with Gasteiger partial charge in [-0.3, -0.25) is 9.59 Å². The number of thioether (sulfide) groups is 1. The SMILES string of the molecule is O=C(O)CCOCCOCCOCCOCCOCCOCCNC(=O)CCCC[C@@H]1SC[C@@H]2NC(=O)N[C@@H]21. The van der Waals surface area contributed by atoms with Crippen LogP contribution < -0.4 is 16.0 Å². The third-order valence-electron chi connectivity index (χ3n) is 5.97. The highest BCUT2D eigenvalue weighted by molar-refractivity contribution is 8.00. The molecule has 2 heterocycles. The zero-order chi connectivity index (χ0) is 28.0. The molecule has 0 aliphatic carbocycles. The van der Waals surface area contributed by atoms with Crippen LogP contribution in [0.3, 0.4) is 0 Å². The number of carbonyl (C=O) groups excluding carboxylic acids is 2. The molecule has 226 valence electrons. The highest BCUT2D eigenvalue weighted by Gasteiger charge is 2.42. The molecule has 0 saturated carbocycles. The van der Waals surface area contributed by atoms with Gasteiger partial charge >= 0.3 is 12.0 Å². The van der Waals surface area contributed by atoms with Crippen molar-refractivity contribution >= 4 is 29.7 Å². The number of unbranched alkanes of at least 4 members (excludes halogenated alkanes) is 1. The van der Waals surface area contributed by atoms with Crippen LogP contribution in [0.15, 0.2) is 0 Å². The first-order chi connectivity index (χ1) is 19.1. The molecule has 0 bridgehead atoms. The quantitative estimate of drug-likeness (QED) is 0.0829. The molecule has 2 aliphatic heterocycles. The highest BCUT2D eigenvalue weighted by Crippen LogP contribution is 2.33. The van der Waals surface area contributed by atoms with E-state index in [0.29, 0.717) is 90.9 Å². The minimum atomic E-state index is -0.877. The molecular weight excluding hydrogens is 534 g/mol. The second-order valence-electron chi connectivity index (χ2n) is 9.04. The Morgan fingerprint density at radius 1 is 0.769 bits per heavy atom. The smallest absolute Gasteiger partial charge is 0.315 e. The van der Waals surface area contributed by atoms with Crippen LogP contribution in [0.1, 0.15) is 32.1 Å². The van der Waals surface area contributed by atoms with Gasteiger partial charge in [0.05, 0.1) is 97.8 Å². The molecule has 14 heteroatoms. The number of rotatable bonds is 26. The molecule has 3 atom stereocenters. The normalized spacial score (nSPS) is 20.0. The van der Waals surface area contributed by atoms with Gasteiger partial charge in [0.15, 0.2) is 0 Å². The van der Waals surface area contributed by atoms with Gasteiger partial charge in [-0.05, 0) is 12.8 Å². The third kappa shape index (κ3) is 16.9. The number of urea groups is 1. The summed E-state index contributed by atoms with van der Waals surface area (Å²) in [5, 5.41) is 17.7. The maximum absolute atomic E-state index is 12.0. The van der Waals surface area contributed by atoms with Crippen molar-refractivity contribution in [3.63, 3.8) is 0 Å². The van der Waals surface area contributed by atoms with Crippen LogP contribution >= 0.6 is 11.8 Å². The number of carboxylic acid groups (broad SMARTS) is 1. The number of ether oxygens (including phenoxy) is 6. The van der Waals surface area contributed by atoms with Gasteiger partial charge < -0.3 is 49.5 Å². The van der Waals surface area contributed by atoms with Gasteiger partial charge in [-0.15, -0.1) is 0 Å². The minimum absolute atomic E-state index is 0.00520. The number of amides is 3. The monoisotopic (exact) mass is 579 g/mol. The van der Waals surface area contributed by atoms with E-state index in [-0.39, 0.29) is 37.0 Å². The zero-order valence-corrected chi connectivity index (χ0v) is 23.5. The van der Waals surface area contributed by atoms with E-state index >= 15 is 0 Å². The Morgan fingerprint density at radius 2 is 1.31 bits per heavy atom. The molecule has 0 aromatic heterocycles. The lowest BCUT2D eigenvalue weighted by atomic mass is 10.0. The Balaban J connectivity index is 1.22. The molecule has 2 aliphatic rings. The van der Waals surface area contributed by atoms with E-state index < -0.39 is 5.97 Å². The highest BCUT2D eigenvalue weighted by atomic mass is 32.2. The molecule has 0 aromatic carbocycles. The lowest BCUT2D eigenvalue weighted by molar-refractivity contribution is -0.138. The lowest BCUT2D eigenvalue weighted by Gasteiger charge is -2.16. The predicted molar refractivity (Wildman–Crippen MR) is 144 cm³/mol. The van der Waals surface area contributed by atoms with Gasteiger partial charge in [0.1, 0.15) is 0 Å². The van der Waals surface area contributed by atoms with Crippen molar-refractivity contribution in [3.8, 4) is 0 Å². The van der Waals surface area contributed by atoms with Crippen molar-refractivity contribution in [1.29, 1.82) is 0 Å². The summed E-state index contributed by atoms with van der Waals surface area (Å²) in [6.07, 6.45) is 3.32. The molecule has 0 spiro atoms. The Kier molecular flexibility index (Phi) is 19.0. The number of hydrogen-bond acceptors (Lipinski definition) is 10. The van der Waals surface area contributed by atoms with Crippen LogP contribution in [-0.2, 0) is 38.0 Å². The minimum Gasteiger partial charge on any atom is -0.481 e. The van der Waals surface area contributed by atoms with E-state index in [0.717, 1.165) is 25.0 Å². The maximum atomic E-state index is 12.0. The molecule has 0 aromatic rings. The largest absolute Gasteiger partial charge is 0.481 e. The van der Waals surface area contributed by atoms with E-state index in [9.17, 15) is 14.4 Å². The topological polar surface area (TPSA) is 163 Å². The van der Waals surface area contributed by atoms with Gasteiger partial charge in [0, 0.05) is 24.0 Å². The number of aliphatic carboxylic acids is 1. The Labute approximate surface area is 234 Å². The summed E-state index contributed by atoms with van der Waals surface area (Å²) < 4.78 is 32.1. The van der Waals surface area contributed by atoms with Gasteiger partial charge in [-0.2, -0.15) is 11.8 Å². The molecule has 2 rings (SSSR count). The van der Waals surface area contributed by atoms with Gasteiger partial charge in [0.2, 0.25) is 5.91 Å². The molecule has 0 radical (unpaired) electrons.